The van der Waals surface area contributed by atoms with Gasteiger partial charge in [0.05, 0.1) is 28.4 Å². The van der Waals surface area contributed by atoms with Gasteiger partial charge < -0.3 is 4.74 Å². The number of rotatable bonds is 6. The molecule has 0 aliphatic rings. The Bertz CT molecular complexity index is 1800. The highest BCUT2D eigenvalue weighted by Gasteiger charge is 2.28. The van der Waals surface area contributed by atoms with Gasteiger partial charge in [-0.2, -0.15) is 9.78 Å². The molecule has 3 aromatic heterocycles. The number of imidazole rings is 1. The zero-order valence-corrected chi connectivity index (χ0v) is 22.2. The minimum Gasteiger partial charge on any atom is -0.448 e. The molecule has 0 saturated carbocycles. The van der Waals surface area contributed by atoms with Crippen molar-refractivity contribution in [1.29, 1.82) is 0 Å². The smallest absolute Gasteiger partial charge is 0.434 e. The van der Waals surface area contributed by atoms with Crippen LogP contribution in [0.1, 0.15) is 27.9 Å². The summed E-state index contributed by atoms with van der Waals surface area (Å²) in [6, 6.07) is 29.5. The molecular formula is C31H24N4O3S. The number of ether oxygens (including phenoxy) is 1. The van der Waals surface area contributed by atoms with Crippen LogP contribution in [0.15, 0.2) is 97.2 Å². The minimum absolute atomic E-state index is 0.204. The molecule has 3 heterocycles. The average Bonchev–Trinajstić information content (AvgIpc) is 3.67. The predicted octanol–water partition coefficient (Wildman–Crippen LogP) is 7.14. The molecule has 0 aliphatic carbocycles. The van der Waals surface area contributed by atoms with Crippen molar-refractivity contribution in [2.24, 2.45) is 0 Å². The van der Waals surface area contributed by atoms with E-state index in [9.17, 15) is 9.59 Å². The summed E-state index contributed by atoms with van der Waals surface area (Å²) in [7, 11) is 0. The molecule has 0 N–H and O–H groups in total. The Morgan fingerprint density at radius 3 is 1.97 bits per heavy atom. The second-order valence-corrected chi connectivity index (χ2v) is 9.88. The van der Waals surface area contributed by atoms with Gasteiger partial charge in [-0.1, -0.05) is 102 Å². The first-order valence-corrected chi connectivity index (χ1v) is 13.4. The lowest BCUT2D eigenvalue weighted by Crippen LogP contribution is -2.14. The van der Waals surface area contributed by atoms with Gasteiger partial charge in [0.25, 0.3) is 0 Å². The summed E-state index contributed by atoms with van der Waals surface area (Å²) in [5.74, 6) is -0.224. The fourth-order valence-corrected chi connectivity index (χ4v) is 5.75. The number of hydrogen-bond acceptors (Lipinski definition) is 6. The molecule has 0 atom stereocenters. The van der Waals surface area contributed by atoms with E-state index in [4.69, 9.17) is 9.72 Å². The first-order chi connectivity index (χ1) is 19.1. The van der Waals surface area contributed by atoms with Gasteiger partial charge in [-0.25, -0.2) is 9.78 Å². The third-order valence-corrected chi connectivity index (χ3v) is 7.61. The van der Waals surface area contributed by atoms with Crippen LogP contribution in [0.5, 0.6) is 0 Å². The molecule has 0 aliphatic heterocycles. The number of thiazole rings is 1. The number of carbonyl (C=O) groups is 2. The van der Waals surface area contributed by atoms with Crippen molar-refractivity contribution < 1.29 is 14.3 Å². The van der Waals surface area contributed by atoms with Crippen LogP contribution in [-0.2, 0) is 4.74 Å². The van der Waals surface area contributed by atoms with Crippen molar-refractivity contribution in [3.8, 4) is 33.8 Å². The van der Waals surface area contributed by atoms with Crippen LogP contribution in [0.2, 0.25) is 0 Å². The maximum Gasteiger partial charge on any atom is 0.434 e. The summed E-state index contributed by atoms with van der Waals surface area (Å²) in [5, 5.41) is 4.44. The van der Waals surface area contributed by atoms with Crippen LogP contribution in [0, 0.1) is 6.92 Å². The summed E-state index contributed by atoms with van der Waals surface area (Å²) in [6.07, 6.45) is 0.822. The van der Waals surface area contributed by atoms with Gasteiger partial charge in [0.1, 0.15) is 5.69 Å². The molecule has 0 amide bonds. The number of aromatic nitrogens is 4. The van der Waals surface area contributed by atoms with Crippen LogP contribution in [0.3, 0.4) is 0 Å². The van der Waals surface area contributed by atoms with Crippen molar-refractivity contribution in [3.05, 3.63) is 113 Å². The summed E-state index contributed by atoms with van der Waals surface area (Å²) >= 11 is 1.33. The van der Waals surface area contributed by atoms with E-state index in [0.717, 1.165) is 38.5 Å². The molecular weight excluding hydrogens is 508 g/mol. The number of hydrogen-bond donors (Lipinski definition) is 0. The Kier molecular flexibility index (Phi) is 6.38. The third-order valence-electron chi connectivity index (χ3n) is 6.47. The van der Waals surface area contributed by atoms with Gasteiger partial charge in [-0.3, -0.25) is 9.20 Å². The molecule has 7 nitrogen and oxygen atoms in total. The SMILES string of the molecule is CCOC(=O)n1cc(C(=O)c2sc3nc(-c4ccccc4)c(-c4ccccc4)n3c2C)c(-c2ccccc2)n1. The van der Waals surface area contributed by atoms with Gasteiger partial charge in [0.2, 0.25) is 5.78 Å². The molecule has 3 aromatic carbocycles. The van der Waals surface area contributed by atoms with Gasteiger partial charge in [-0.05, 0) is 13.8 Å². The molecule has 0 fully saturated rings. The maximum atomic E-state index is 14.1. The van der Waals surface area contributed by atoms with Gasteiger partial charge in [0.15, 0.2) is 4.96 Å². The number of nitrogens with zero attached hydrogens (tertiary/aromatic N) is 4. The molecule has 0 radical (unpaired) electrons. The average molecular weight is 533 g/mol. The summed E-state index contributed by atoms with van der Waals surface area (Å²) in [4.78, 5) is 32.8. The summed E-state index contributed by atoms with van der Waals surface area (Å²) < 4.78 is 8.28. The van der Waals surface area contributed by atoms with Crippen LogP contribution >= 0.6 is 11.3 Å². The van der Waals surface area contributed by atoms with Crippen LogP contribution < -0.4 is 0 Å². The Hall–Kier alpha value is -4.82. The number of aryl methyl sites for hydroxylation is 1. The lowest BCUT2D eigenvalue weighted by molar-refractivity contribution is 0.104. The van der Waals surface area contributed by atoms with Crippen molar-refractivity contribution in [3.63, 3.8) is 0 Å². The Morgan fingerprint density at radius 2 is 1.38 bits per heavy atom. The van der Waals surface area contributed by atoms with E-state index >= 15 is 0 Å². The van der Waals surface area contributed by atoms with Crippen molar-refractivity contribution >= 4 is 28.2 Å². The minimum atomic E-state index is -0.634. The van der Waals surface area contributed by atoms with E-state index in [1.54, 1.807) is 6.92 Å². The molecule has 0 bridgehead atoms. The molecule has 192 valence electrons. The zero-order valence-electron chi connectivity index (χ0n) is 21.4. The lowest BCUT2D eigenvalue weighted by atomic mass is 10.0. The topological polar surface area (TPSA) is 78.5 Å². The first kappa shape index (κ1) is 24.5. The van der Waals surface area contributed by atoms with Crippen molar-refractivity contribution in [2.45, 2.75) is 13.8 Å². The largest absolute Gasteiger partial charge is 0.448 e. The van der Waals surface area contributed by atoms with Crippen LogP contribution in [0.4, 0.5) is 4.79 Å². The number of benzene rings is 3. The third kappa shape index (κ3) is 4.34. The highest BCUT2D eigenvalue weighted by molar-refractivity contribution is 7.19. The van der Waals surface area contributed by atoms with Gasteiger partial charge >= 0.3 is 6.09 Å². The van der Waals surface area contributed by atoms with E-state index in [2.05, 4.69) is 5.10 Å². The quantitative estimate of drug-likeness (QED) is 0.213. The summed E-state index contributed by atoms with van der Waals surface area (Å²) in [6.45, 7) is 3.86. The fourth-order valence-electron chi connectivity index (χ4n) is 4.67. The Balaban J connectivity index is 1.53. The maximum absolute atomic E-state index is 14.1. The standard InChI is InChI=1S/C31H24N4O3S/c1-3-38-31(37)34-19-24(25(33-34)21-13-7-4-8-14-21)28(36)29-20(2)35-27(23-17-11-6-12-18-23)26(32-30(35)39-29)22-15-9-5-10-16-22/h4-19H,3H2,1-2H3. The molecule has 6 rings (SSSR count). The van der Waals surface area contributed by atoms with E-state index in [1.165, 1.54) is 17.5 Å². The second-order valence-electron chi connectivity index (χ2n) is 8.91. The number of fused-ring (bicyclic) bond motifs is 1. The van der Waals surface area contributed by atoms with Crippen LogP contribution in [0.25, 0.3) is 38.7 Å². The molecule has 0 spiro atoms. The fraction of sp³-hybridized carbons (Fsp3) is 0.0968. The van der Waals surface area contributed by atoms with Crippen LogP contribution in [-0.4, -0.2) is 37.6 Å². The second kappa shape index (κ2) is 10.2. The predicted molar refractivity (Wildman–Crippen MR) is 152 cm³/mol. The van der Waals surface area contributed by atoms with Gasteiger partial charge in [0, 0.05) is 28.6 Å². The van der Waals surface area contributed by atoms with E-state index in [-0.39, 0.29) is 12.4 Å². The van der Waals surface area contributed by atoms with E-state index < -0.39 is 6.09 Å². The van der Waals surface area contributed by atoms with Crippen molar-refractivity contribution in [2.75, 3.05) is 6.61 Å². The number of carbonyl (C=O) groups excluding carboxylic acids is 2. The number of ketones is 1. The molecule has 6 aromatic rings. The molecule has 39 heavy (non-hydrogen) atoms. The highest BCUT2D eigenvalue weighted by atomic mass is 32.1. The van der Waals surface area contributed by atoms with E-state index in [1.807, 2.05) is 102 Å². The molecule has 0 saturated heterocycles. The van der Waals surface area contributed by atoms with Crippen molar-refractivity contribution in [1.82, 2.24) is 19.2 Å². The Morgan fingerprint density at radius 1 is 0.821 bits per heavy atom. The molecule has 0 unspecified atom stereocenters. The normalized spacial score (nSPS) is 11.1. The summed E-state index contributed by atoms with van der Waals surface area (Å²) in [5.41, 5.74) is 6.05. The lowest BCUT2D eigenvalue weighted by Gasteiger charge is -2.07. The highest BCUT2D eigenvalue weighted by Crippen LogP contribution is 2.38. The monoisotopic (exact) mass is 532 g/mol. The van der Waals surface area contributed by atoms with E-state index in [0.29, 0.717) is 21.1 Å². The zero-order chi connectivity index (χ0) is 26.9. The Labute approximate surface area is 229 Å². The molecule has 8 heteroatoms. The van der Waals surface area contributed by atoms with Gasteiger partial charge in [-0.15, -0.1) is 0 Å². The first-order valence-electron chi connectivity index (χ1n) is 12.6.